The van der Waals surface area contributed by atoms with Gasteiger partial charge in [-0.05, 0) is 83.7 Å². The molecular formula is C33H37IN2O7S. The van der Waals surface area contributed by atoms with E-state index in [0.29, 0.717) is 53.6 Å². The van der Waals surface area contributed by atoms with Crippen molar-refractivity contribution in [3.05, 3.63) is 87.6 Å². The second-order valence-electron chi connectivity index (χ2n) is 10.4. The summed E-state index contributed by atoms with van der Waals surface area (Å²) in [6, 6.07) is 11.0. The minimum atomic E-state index is -0.677. The average Bonchev–Trinajstić information content (AvgIpc) is 3.30. The fourth-order valence-electron chi connectivity index (χ4n) is 4.95. The number of halogens is 1. The molecule has 11 heteroatoms. The number of hydrogen-bond acceptors (Lipinski definition) is 9. The highest BCUT2D eigenvalue weighted by Gasteiger charge is 2.34. The molecule has 3 aromatic rings. The van der Waals surface area contributed by atoms with Crippen LogP contribution in [0.15, 0.2) is 57.5 Å². The lowest BCUT2D eigenvalue weighted by molar-refractivity contribution is -0.145. The van der Waals surface area contributed by atoms with Crippen molar-refractivity contribution < 1.29 is 28.5 Å². The fraction of sp³-hybridized carbons (Fsp3) is 0.394. The van der Waals surface area contributed by atoms with E-state index in [-0.39, 0.29) is 25.4 Å². The van der Waals surface area contributed by atoms with Crippen molar-refractivity contribution in [2.24, 2.45) is 4.99 Å². The van der Waals surface area contributed by atoms with Crippen molar-refractivity contribution in [1.29, 1.82) is 0 Å². The standard InChI is InChI=1S/C33H37IN2O7S/c1-7-10-24-28(32(39)42-9-3)29(22-13-11-21(12-14-22)19(4)5)36-31(38)26(44-33(36)35-24)17-20-15-23(34)30(25(16-20)40-6)43-18-27(37)41-8-2/h11-17,19,29H,7-10,18H2,1-6H3/b26-17-/t29-/m0/s1. The lowest BCUT2D eigenvalue weighted by Gasteiger charge is -2.26. The number of fused-ring (bicyclic) bond motifs is 1. The summed E-state index contributed by atoms with van der Waals surface area (Å²) in [5, 5.41) is 0. The number of benzene rings is 2. The highest BCUT2D eigenvalue weighted by Crippen LogP contribution is 2.35. The Labute approximate surface area is 274 Å². The molecule has 9 nitrogen and oxygen atoms in total. The van der Waals surface area contributed by atoms with Crippen LogP contribution in [0.3, 0.4) is 0 Å². The first-order valence-corrected chi connectivity index (χ1v) is 16.5. The normalized spacial score (nSPS) is 14.7. The van der Waals surface area contributed by atoms with E-state index in [2.05, 4.69) is 36.4 Å². The number of nitrogens with zero attached hydrogens (tertiary/aromatic N) is 2. The van der Waals surface area contributed by atoms with Crippen molar-refractivity contribution in [2.75, 3.05) is 26.9 Å². The van der Waals surface area contributed by atoms with Gasteiger partial charge < -0.3 is 18.9 Å². The summed E-state index contributed by atoms with van der Waals surface area (Å²) in [6.07, 6.45) is 3.12. The molecule has 44 heavy (non-hydrogen) atoms. The lowest BCUT2D eigenvalue weighted by atomic mass is 9.92. The Kier molecular flexibility index (Phi) is 11.4. The molecule has 2 heterocycles. The van der Waals surface area contributed by atoms with Gasteiger partial charge in [0.25, 0.3) is 5.56 Å². The van der Waals surface area contributed by atoms with Gasteiger partial charge in [-0.3, -0.25) is 9.36 Å². The van der Waals surface area contributed by atoms with Crippen LogP contribution in [0, 0.1) is 3.57 Å². The van der Waals surface area contributed by atoms with Crippen LogP contribution in [0.1, 0.15) is 76.1 Å². The number of carbonyl (C=O) groups is 2. The maximum Gasteiger partial charge on any atom is 0.344 e. The average molecular weight is 733 g/mol. The van der Waals surface area contributed by atoms with Crippen molar-refractivity contribution in [3.8, 4) is 11.5 Å². The molecule has 0 fully saturated rings. The summed E-state index contributed by atoms with van der Waals surface area (Å²) in [5.74, 6) is 0.216. The summed E-state index contributed by atoms with van der Waals surface area (Å²) < 4.78 is 24.5. The van der Waals surface area contributed by atoms with Gasteiger partial charge in [0.05, 0.1) is 45.7 Å². The zero-order chi connectivity index (χ0) is 32.0. The molecule has 0 unspecified atom stereocenters. The molecule has 1 aliphatic rings. The lowest BCUT2D eigenvalue weighted by Crippen LogP contribution is -2.40. The van der Waals surface area contributed by atoms with E-state index in [1.165, 1.54) is 18.4 Å². The Morgan fingerprint density at radius 1 is 1.09 bits per heavy atom. The third kappa shape index (κ3) is 7.26. The summed E-state index contributed by atoms with van der Waals surface area (Å²) in [4.78, 5) is 44.7. The van der Waals surface area contributed by atoms with Crippen LogP contribution in [0.2, 0.25) is 0 Å². The number of methoxy groups -OCH3 is 1. The van der Waals surface area contributed by atoms with Crippen molar-refractivity contribution in [2.45, 2.75) is 59.4 Å². The summed E-state index contributed by atoms with van der Waals surface area (Å²) in [7, 11) is 1.51. The molecule has 0 radical (unpaired) electrons. The Bertz CT molecular complexity index is 1740. The van der Waals surface area contributed by atoms with Crippen LogP contribution in [-0.2, 0) is 19.1 Å². The number of aromatic nitrogens is 1. The number of rotatable bonds is 12. The number of allylic oxidation sites excluding steroid dienone is 1. The quantitative estimate of drug-likeness (QED) is 0.185. The van der Waals surface area contributed by atoms with Crippen LogP contribution < -0.4 is 24.4 Å². The largest absolute Gasteiger partial charge is 0.493 e. The predicted molar refractivity (Wildman–Crippen MR) is 178 cm³/mol. The van der Waals surface area contributed by atoms with E-state index in [0.717, 1.165) is 17.5 Å². The molecule has 0 amide bonds. The van der Waals surface area contributed by atoms with Crippen LogP contribution in [-0.4, -0.2) is 43.4 Å². The van der Waals surface area contributed by atoms with Crippen molar-refractivity contribution >= 4 is 51.9 Å². The van der Waals surface area contributed by atoms with Crippen molar-refractivity contribution in [3.63, 3.8) is 0 Å². The summed E-state index contributed by atoms with van der Waals surface area (Å²) in [5.41, 5.74) is 3.44. The second-order valence-corrected chi connectivity index (χ2v) is 12.5. The van der Waals surface area contributed by atoms with Gasteiger partial charge in [0.15, 0.2) is 22.9 Å². The third-order valence-electron chi connectivity index (χ3n) is 7.00. The Balaban J connectivity index is 1.87. The molecule has 4 rings (SSSR count). The number of hydrogen-bond donors (Lipinski definition) is 0. The van der Waals surface area contributed by atoms with Gasteiger partial charge in [-0.1, -0.05) is 62.8 Å². The molecule has 1 atom stereocenters. The first kappa shape index (κ1) is 33.4. The molecule has 234 valence electrons. The number of esters is 2. The maximum absolute atomic E-state index is 14.1. The van der Waals surface area contributed by atoms with E-state index in [4.69, 9.17) is 23.9 Å². The first-order chi connectivity index (χ1) is 21.1. The molecule has 1 aromatic heterocycles. The molecular weight excluding hydrogens is 695 g/mol. The van der Waals surface area contributed by atoms with Crippen LogP contribution >= 0.6 is 33.9 Å². The van der Waals surface area contributed by atoms with E-state index in [9.17, 15) is 14.4 Å². The Morgan fingerprint density at radius 2 is 1.80 bits per heavy atom. The SMILES string of the molecule is CCCC1=C(C(=O)OCC)[C@H](c2ccc(C(C)C)cc2)n2c(s/c(=C\c3cc(I)c(OCC(=O)OCC)c(OC)c3)c2=O)=N1. The topological polar surface area (TPSA) is 105 Å². The van der Waals surface area contributed by atoms with Gasteiger partial charge in [-0.2, -0.15) is 0 Å². The monoisotopic (exact) mass is 732 g/mol. The predicted octanol–water partition coefficient (Wildman–Crippen LogP) is 5.26. The Morgan fingerprint density at radius 3 is 2.41 bits per heavy atom. The number of ether oxygens (including phenoxy) is 4. The second kappa shape index (κ2) is 15.0. The number of carbonyl (C=O) groups excluding carboxylic acids is 2. The number of thiazole rings is 1. The zero-order valence-electron chi connectivity index (χ0n) is 25.8. The highest BCUT2D eigenvalue weighted by atomic mass is 127. The van der Waals surface area contributed by atoms with E-state index < -0.39 is 18.0 Å². The maximum atomic E-state index is 14.1. The highest BCUT2D eigenvalue weighted by molar-refractivity contribution is 14.1. The fourth-order valence-corrected chi connectivity index (χ4v) is 6.75. The first-order valence-electron chi connectivity index (χ1n) is 14.6. The van der Waals surface area contributed by atoms with Gasteiger partial charge in [0.1, 0.15) is 0 Å². The molecule has 2 aromatic carbocycles. The van der Waals surface area contributed by atoms with Gasteiger partial charge in [-0.25, -0.2) is 14.6 Å². The zero-order valence-corrected chi connectivity index (χ0v) is 28.7. The van der Waals surface area contributed by atoms with Gasteiger partial charge in [0.2, 0.25) is 0 Å². The molecule has 1 aliphatic heterocycles. The molecule has 0 spiro atoms. The molecule has 0 saturated heterocycles. The van der Waals surface area contributed by atoms with Gasteiger partial charge >= 0.3 is 11.9 Å². The van der Waals surface area contributed by atoms with E-state index in [1.807, 2.05) is 37.3 Å². The third-order valence-corrected chi connectivity index (χ3v) is 8.78. The summed E-state index contributed by atoms with van der Waals surface area (Å²) in [6.45, 7) is 9.99. The van der Waals surface area contributed by atoms with Crippen LogP contribution in [0.25, 0.3) is 6.08 Å². The molecule has 0 N–H and O–H groups in total. The summed E-state index contributed by atoms with van der Waals surface area (Å²) >= 11 is 3.37. The van der Waals surface area contributed by atoms with E-state index >= 15 is 0 Å². The van der Waals surface area contributed by atoms with Crippen molar-refractivity contribution in [1.82, 2.24) is 4.57 Å². The molecule has 0 aliphatic carbocycles. The minimum absolute atomic E-state index is 0.213. The minimum Gasteiger partial charge on any atom is -0.493 e. The van der Waals surface area contributed by atoms with Crippen LogP contribution in [0.5, 0.6) is 11.5 Å². The smallest absolute Gasteiger partial charge is 0.344 e. The van der Waals surface area contributed by atoms with Gasteiger partial charge in [0, 0.05) is 0 Å². The molecule has 0 bridgehead atoms. The Hall–Kier alpha value is -3.45. The van der Waals surface area contributed by atoms with Crippen LogP contribution in [0.4, 0.5) is 0 Å². The van der Waals surface area contributed by atoms with Gasteiger partial charge in [-0.15, -0.1) is 0 Å². The molecule has 0 saturated carbocycles. The van der Waals surface area contributed by atoms with E-state index in [1.54, 1.807) is 30.6 Å².